The van der Waals surface area contributed by atoms with E-state index >= 15 is 0 Å². The largest absolute Gasteiger partial charge is 0.493 e. The Bertz CT molecular complexity index is 650. The molecular formula is C23H29NO. The third-order valence-electron chi connectivity index (χ3n) is 6.06. The Labute approximate surface area is 151 Å². The first-order valence-electron chi connectivity index (χ1n) is 9.80. The number of benzene rings is 2. The molecule has 2 heteroatoms. The molecule has 1 saturated carbocycles. The molecule has 1 aliphatic carbocycles. The topological polar surface area (TPSA) is 12.5 Å². The number of nitrogens with zero attached hydrogens (tertiary/aromatic N) is 1. The molecule has 0 N–H and O–H groups in total. The Hall–Kier alpha value is -1.80. The fourth-order valence-electron chi connectivity index (χ4n) is 4.52. The van der Waals surface area contributed by atoms with Gasteiger partial charge in [-0.2, -0.15) is 0 Å². The van der Waals surface area contributed by atoms with E-state index in [9.17, 15) is 0 Å². The second kappa shape index (κ2) is 7.61. The summed E-state index contributed by atoms with van der Waals surface area (Å²) in [5, 5.41) is 0. The van der Waals surface area contributed by atoms with E-state index in [0.717, 1.165) is 12.4 Å². The average molecular weight is 335 g/mol. The van der Waals surface area contributed by atoms with Crippen LogP contribution in [0.15, 0.2) is 60.7 Å². The van der Waals surface area contributed by atoms with E-state index in [4.69, 9.17) is 4.74 Å². The quantitative estimate of drug-likeness (QED) is 0.744. The molecular weight excluding hydrogens is 306 g/mol. The van der Waals surface area contributed by atoms with Crippen LogP contribution < -0.4 is 4.74 Å². The van der Waals surface area contributed by atoms with Gasteiger partial charge in [-0.1, -0.05) is 55.0 Å². The summed E-state index contributed by atoms with van der Waals surface area (Å²) in [4.78, 5) is 2.70. The van der Waals surface area contributed by atoms with Crippen molar-refractivity contribution >= 4 is 0 Å². The van der Waals surface area contributed by atoms with Gasteiger partial charge < -0.3 is 9.64 Å². The van der Waals surface area contributed by atoms with Crippen molar-refractivity contribution in [3.63, 3.8) is 0 Å². The zero-order chi connectivity index (χ0) is 17.0. The van der Waals surface area contributed by atoms with Gasteiger partial charge in [0, 0.05) is 24.4 Å². The van der Waals surface area contributed by atoms with E-state index in [-0.39, 0.29) is 0 Å². The molecule has 2 fully saturated rings. The predicted octanol–water partition coefficient (Wildman–Crippen LogP) is 4.90. The van der Waals surface area contributed by atoms with Crippen LogP contribution in [0, 0.1) is 5.92 Å². The highest BCUT2D eigenvalue weighted by Gasteiger charge is 2.40. The molecule has 132 valence electrons. The summed E-state index contributed by atoms with van der Waals surface area (Å²) in [6, 6.07) is 21.4. The molecule has 2 aliphatic rings. The van der Waals surface area contributed by atoms with Crippen molar-refractivity contribution in [1.82, 2.24) is 4.90 Å². The van der Waals surface area contributed by atoms with E-state index in [1.54, 1.807) is 5.56 Å². The van der Waals surface area contributed by atoms with Crippen LogP contribution >= 0.6 is 0 Å². The van der Waals surface area contributed by atoms with Gasteiger partial charge in [0.15, 0.2) is 0 Å². The zero-order valence-corrected chi connectivity index (χ0v) is 15.1. The normalized spacial score (nSPS) is 23.0. The lowest BCUT2D eigenvalue weighted by Crippen LogP contribution is -2.49. The smallest absolute Gasteiger partial charge is 0.119 e. The summed E-state index contributed by atoms with van der Waals surface area (Å²) in [6.07, 6.45) is 6.66. The molecule has 0 amide bonds. The minimum absolute atomic E-state index is 0.406. The molecule has 2 aromatic rings. The van der Waals surface area contributed by atoms with E-state index in [1.807, 2.05) is 18.2 Å². The van der Waals surface area contributed by atoms with Gasteiger partial charge >= 0.3 is 0 Å². The van der Waals surface area contributed by atoms with E-state index in [1.165, 1.54) is 51.7 Å². The first kappa shape index (κ1) is 16.7. The summed E-state index contributed by atoms with van der Waals surface area (Å²) in [7, 11) is 0. The molecule has 1 saturated heterocycles. The number of hydrogen-bond acceptors (Lipinski definition) is 2. The first-order valence-corrected chi connectivity index (χ1v) is 9.80. The maximum atomic E-state index is 6.02. The lowest BCUT2D eigenvalue weighted by Gasteiger charge is -2.47. The fourth-order valence-corrected chi connectivity index (χ4v) is 4.52. The molecule has 1 aliphatic heterocycles. The summed E-state index contributed by atoms with van der Waals surface area (Å²) in [5.74, 6) is 1.65. The monoisotopic (exact) mass is 335 g/mol. The predicted molar refractivity (Wildman–Crippen MR) is 103 cm³/mol. The van der Waals surface area contributed by atoms with Crippen LogP contribution in [0.5, 0.6) is 5.75 Å². The Morgan fingerprint density at radius 3 is 2.32 bits per heavy atom. The standard InChI is InChI=1S/C23H29NO/c1-3-10-21(11-4-1)23(14-8-15-23)19-24-16-7-9-20(17-24)18-25-22-12-5-2-6-13-22/h1-6,10-13,20H,7-9,14-19H2. The summed E-state index contributed by atoms with van der Waals surface area (Å²) < 4.78 is 6.02. The van der Waals surface area contributed by atoms with Crippen LogP contribution in [0.2, 0.25) is 0 Å². The van der Waals surface area contributed by atoms with Gasteiger partial charge in [0.25, 0.3) is 0 Å². The Morgan fingerprint density at radius 2 is 1.64 bits per heavy atom. The van der Waals surface area contributed by atoms with Gasteiger partial charge in [-0.05, 0) is 49.9 Å². The van der Waals surface area contributed by atoms with E-state index in [2.05, 4.69) is 47.4 Å². The second-order valence-electron chi connectivity index (χ2n) is 7.87. The van der Waals surface area contributed by atoms with E-state index in [0.29, 0.717) is 11.3 Å². The third-order valence-corrected chi connectivity index (χ3v) is 6.06. The number of para-hydroxylation sites is 1. The van der Waals surface area contributed by atoms with Gasteiger partial charge in [0.2, 0.25) is 0 Å². The van der Waals surface area contributed by atoms with Gasteiger partial charge in [-0.25, -0.2) is 0 Å². The molecule has 1 heterocycles. The molecule has 25 heavy (non-hydrogen) atoms. The number of ether oxygens (including phenoxy) is 1. The SMILES string of the molecule is c1ccc(OCC2CCCN(CC3(c4ccccc4)CCC3)C2)cc1. The highest BCUT2D eigenvalue weighted by molar-refractivity contribution is 5.28. The molecule has 0 bridgehead atoms. The number of hydrogen-bond donors (Lipinski definition) is 0. The number of likely N-dealkylation sites (tertiary alicyclic amines) is 1. The zero-order valence-electron chi connectivity index (χ0n) is 15.1. The van der Waals surface area contributed by atoms with Crippen LogP contribution in [0.1, 0.15) is 37.7 Å². The summed E-state index contributed by atoms with van der Waals surface area (Å²) >= 11 is 0. The summed E-state index contributed by atoms with van der Waals surface area (Å²) in [5.41, 5.74) is 1.95. The maximum absolute atomic E-state index is 6.02. The molecule has 1 atom stereocenters. The van der Waals surface area contributed by atoms with Gasteiger partial charge in [0.1, 0.15) is 5.75 Å². The molecule has 2 aromatic carbocycles. The third kappa shape index (κ3) is 3.90. The molecule has 0 spiro atoms. The average Bonchev–Trinajstić information content (AvgIpc) is 2.65. The molecule has 1 unspecified atom stereocenters. The molecule has 0 aromatic heterocycles. The van der Waals surface area contributed by atoms with Crippen LogP contribution in [-0.2, 0) is 5.41 Å². The van der Waals surface area contributed by atoms with Crippen molar-refractivity contribution in [2.24, 2.45) is 5.92 Å². The van der Waals surface area contributed by atoms with E-state index < -0.39 is 0 Å². The Morgan fingerprint density at radius 1 is 0.920 bits per heavy atom. The van der Waals surface area contributed by atoms with Crippen molar-refractivity contribution in [2.45, 2.75) is 37.5 Å². The Kier molecular flexibility index (Phi) is 5.07. The number of rotatable bonds is 6. The van der Waals surface area contributed by atoms with Crippen molar-refractivity contribution < 1.29 is 4.74 Å². The highest BCUT2D eigenvalue weighted by atomic mass is 16.5. The minimum atomic E-state index is 0.406. The van der Waals surface area contributed by atoms with Crippen molar-refractivity contribution in [3.05, 3.63) is 66.2 Å². The van der Waals surface area contributed by atoms with Gasteiger partial charge in [0.05, 0.1) is 6.61 Å². The van der Waals surface area contributed by atoms with Crippen molar-refractivity contribution in [3.8, 4) is 5.75 Å². The minimum Gasteiger partial charge on any atom is -0.493 e. The Balaban J connectivity index is 1.35. The first-order chi connectivity index (χ1) is 12.3. The van der Waals surface area contributed by atoms with Crippen molar-refractivity contribution in [2.75, 3.05) is 26.2 Å². The summed E-state index contributed by atoms with van der Waals surface area (Å²) in [6.45, 7) is 4.50. The fraction of sp³-hybridized carbons (Fsp3) is 0.478. The van der Waals surface area contributed by atoms with Crippen LogP contribution in [-0.4, -0.2) is 31.1 Å². The van der Waals surface area contributed by atoms with Crippen molar-refractivity contribution in [1.29, 1.82) is 0 Å². The van der Waals surface area contributed by atoms with Crippen LogP contribution in [0.4, 0.5) is 0 Å². The van der Waals surface area contributed by atoms with Crippen LogP contribution in [0.3, 0.4) is 0 Å². The molecule has 0 radical (unpaired) electrons. The molecule has 2 nitrogen and oxygen atoms in total. The second-order valence-corrected chi connectivity index (χ2v) is 7.87. The molecule has 4 rings (SSSR count). The lowest BCUT2D eigenvalue weighted by atomic mass is 9.64. The highest BCUT2D eigenvalue weighted by Crippen LogP contribution is 2.44. The van der Waals surface area contributed by atoms with Crippen LogP contribution in [0.25, 0.3) is 0 Å². The van der Waals surface area contributed by atoms with Gasteiger partial charge in [-0.15, -0.1) is 0 Å². The van der Waals surface area contributed by atoms with Gasteiger partial charge in [-0.3, -0.25) is 0 Å². The number of piperidine rings is 1. The maximum Gasteiger partial charge on any atom is 0.119 e. The lowest BCUT2D eigenvalue weighted by molar-refractivity contribution is 0.0816.